The lowest BCUT2D eigenvalue weighted by Crippen LogP contribution is -2.56. The van der Waals surface area contributed by atoms with Gasteiger partial charge in [-0.2, -0.15) is 0 Å². The van der Waals surface area contributed by atoms with Crippen molar-refractivity contribution in [3.05, 3.63) is 141 Å². The van der Waals surface area contributed by atoms with Gasteiger partial charge >= 0.3 is 0 Å². The Labute approximate surface area is 484 Å². The molecule has 0 radical (unpaired) electrons. The molecule has 82 heavy (non-hydrogen) atoms. The summed E-state index contributed by atoms with van der Waals surface area (Å²) in [5.74, 6) is 2.19. The minimum absolute atomic E-state index is 0.0321. The van der Waals surface area contributed by atoms with Crippen molar-refractivity contribution in [1.82, 2.24) is 26.3 Å². The van der Waals surface area contributed by atoms with E-state index in [2.05, 4.69) is 107 Å². The zero-order valence-corrected chi connectivity index (χ0v) is 48.5. The molecule has 0 saturated heterocycles. The molecule has 5 aromatic carbocycles. The first kappa shape index (κ1) is 57.9. The fourth-order valence-corrected chi connectivity index (χ4v) is 14.5. The minimum Gasteiger partial charge on any atom is -0.507 e. The number of H-pyrrole nitrogens is 1. The van der Waals surface area contributed by atoms with E-state index in [0.29, 0.717) is 100 Å². The highest BCUT2D eigenvalue weighted by Gasteiger charge is 2.52. The van der Waals surface area contributed by atoms with Crippen LogP contribution in [0.15, 0.2) is 90.6 Å². The number of nitrogens with one attached hydrogen (secondary N) is 5. The first-order valence-corrected chi connectivity index (χ1v) is 30.4. The van der Waals surface area contributed by atoms with E-state index in [9.17, 15) is 25.5 Å². The molecule has 1 aromatic heterocycles. The number of benzene rings is 5. The summed E-state index contributed by atoms with van der Waals surface area (Å²) in [7, 11) is 1.56. The molecule has 0 bridgehead atoms. The Hall–Kier alpha value is -5.94. The van der Waals surface area contributed by atoms with Crippen LogP contribution in [0.2, 0.25) is 0 Å². The molecule has 1 saturated carbocycles. The zero-order chi connectivity index (χ0) is 57.0. The summed E-state index contributed by atoms with van der Waals surface area (Å²) >= 11 is 0. The number of aromatic amines is 1. The van der Waals surface area contributed by atoms with Crippen molar-refractivity contribution < 1.29 is 44.5 Å². The maximum atomic E-state index is 12.1. The van der Waals surface area contributed by atoms with E-state index in [1.54, 1.807) is 7.11 Å². The Morgan fingerprint density at radius 3 is 2.49 bits per heavy atom. The van der Waals surface area contributed by atoms with E-state index in [-0.39, 0.29) is 43.3 Å². The number of aromatic hydroxyl groups is 2. The average Bonchev–Trinajstić information content (AvgIpc) is 1.11. The molecule has 3 heterocycles. The smallest absolute Gasteiger partial charge is 0.161 e. The van der Waals surface area contributed by atoms with Crippen LogP contribution in [0, 0.1) is 5.92 Å². The standard InChI is InChI=1S/C68H87N5O9/c1-42(2)34-67(3,78)38-70-40-71-39-68(80-41-73-49-17-9-6-10-18-49)35-56-53-33-55-60(45-19-23-57-44(29-45)25-27-72-57)48(36-69-26-11-15-43-13-7-5-8-14-43)31-54-58(76)24-22-51(61(54)55)62(53)65-52(21-20-50(37-75)81-65)64(56)82-66(68)47-30-46(16-12-28-74)63(77)59(32-47)79-4/h5,7-8,13-14,19,22-25,27,29-32,42,49-50,55,60,66,69-78H,6,9-12,15-18,20-21,26,28,33-41H2,1-4H3. The fourth-order valence-electron chi connectivity index (χ4n) is 14.5. The van der Waals surface area contributed by atoms with Crippen molar-refractivity contribution in [2.45, 2.75) is 152 Å². The van der Waals surface area contributed by atoms with Gasteiger partial charge in [0.25, 0.3) is 0 Å². The molecule has 0 spiro atoms. The van der Waals surface area contributed by atoms with Crippen molar-refractivity contribution in [2.24, 2.45) is 5.92 Å². The third-order valence-corrected chi connectivity index (χ3v) is 18.2. The Kier molecular flexibility index (Phi) is 18.0. The van der Waals surface area contributed by atoms with E-state index in [0.717, 1.165) is 93.4 Å². The van der Waals surface area contributed by atoms with Gasteiger partial charge in [0.15, 0.2) is 17.6 Å². The quantitative estimate of drug-likeness (QED) is 0.0192. The van der Waals surface area contributed by atoms with Crippen molar-refractivity contribution in [3.63, 3.8) is 0 Å². The highest BCUT2D eigenvalue weighted by molar-refractivity contribution is 5.90. The average molecular weight is 1120 g/mol. The van der Waals surface area contributed by atoms with E-state index in [1.807, 2.05) is 31.3 Å². The number of aromatic nitrogens is 1. The van der Waals surface area contributed by atoms with Crippen LogP contribution < -0.4 is 35.5 Å². The maximum absolute atomic E-state index is 12.1. The molecule has 6 unspecified atom stereocenters. The van der Waals surface area contributed by atoms with Crippen LogP contribution >= 0.6 is 0 Å². The van der Waals surface area contributed by atoms with Crippen LogP contribution in [0.1, 0.15) is 147 Å². The molecule has 14 heteroatoms. The fraction of sp³-hybridized carbons (Fsp3) is 0.500. The molecule has 5 aliphatic rings. The van der Waals surface area contributed by atoms with Gasteiger partial charge in [-0.25, -0.2) is 0 Å². The molecule has 10 N–H and O–H groups in total. The van der Waals surface area contributed by atoms with Crippen LogP contribution in [0.5, 0.6) is 28.7 Å². The molecule has 0 amide bonds. The van der Waals surface area contributed by atoms with Gasteiger partial charge in [0.2, 0.25) is 0 Å². The number of ether oxygens (including phenoxy) is 4. The lowest BCUT2D eigenvalue weighted by Gasteiger charge is -2.48. The molecular formula is C68H87N5O9. The monoisotopic (exact) mass is 1120 g/mol. The van der Waals surface area contributed by atoms with Gasteiger partial charge < -0.3 is 65.4 Å². The van der Waals surface area contributed by atoms with Gasteiger partial charge in [-0.05, 0) is 182 Å². The lowest BCUT2D eigenvalue weighted by molar-refractivity contribution is -0.132. The molecule has 2 aliphatic heterocycles. The summed E-state index contributed by atoms with van der Waals surface area (Å²) < 4.78 is 28.3. The molecule has 14 nitrogen and oxygen atoms in total. The number of aliphatic hydroxyl groups excluding tert-OH is 2. The van der Waals surface area contributed by atoms with Gasteiger partial charge in [-0.15, -0.1) is 0 Å². The topological polar surface area (TPSA) is 202 Å². The highest BCUT2D eigenvalue weighted by Crippen LogP contribution is 2.62. The minimum atomic E-state index is -1.08. The molecule has 1 fully saturated rings. The summed E-state index contributed by atoms with van der Waals surface area (Å²) in [6.45, 7) is 8.81. The third kappa shape index (κ3) is 12.2. The van der Waals surface area contributed by atoms with Crippen molar-refractivity contribution in [1.29, 1.82) is 0 Å². The normalized spacial score (nSPS) is 21.9. The third-order valence-electron chi connectivity index (χ3n) is 18.2. The summed E-state index contributed by atoms with van der Waals surface area (Å²) in [5.41, 5.74) is 11.2. The Balaban J connectivity index is 1.06. The summed E-state index contributed by atoms with van der Waals surface area (Å²) in [6, 6.07) is 27.6. The second-order valence-corrected chi connectivity index (χ2v) is 24.7. The second kappa shape index (κ2) is 25.5. The number of rotatable bonds is 25. The number of fused-ring (bicyclic) bond motifs is 8. The maximum Gasteiger partial charge on any atom is 0.161 e. The van der Waals surface area contributed by atoms with Crippen LogP contribution in [-0.4, -0.2) is 114 Å². The highest BCUT2D eigenvalue weighted by atomic mass is 16.6. The Morgan fingerprint density at radius 2 is 1.70 bits per heavy atom. The molecular weight excluding hydrogens is 1030 g/mol. The Morgan fingerprint density at radius 1 is 0.854 bits per heavy atom. The molecule has 11 rings (SSSR count). The SMILES string of the molecule is COc1cc(C2Oc3c(c4c(c5c3CCC(CO)O5)-c3ccc(O)c5c3C(C4)C(c3ccc4[nH]ccc4c3)C(CNCCCc3ccccc3)=C5)CC2(CNCNCC(C)(O)CC(C)C)OCNC2CCCCC2)cc(CCCO)c1O. The summed E-state index contributed by atoms with van der Waals surface area (Å²) in [4.78, 5) is 3.42. The van der Waals surface area contributed by atoms with E-state index >= 15 is 0 Å². The van der Waals surface area contributed by atoms with Gasteiger partial charge in [0, 0.05) is 85.3 Å². The van der Waals surface area contributed by atoms with Gasteiger partial charge in [0.05, 0.1) is 26.0 Å². The number of methoxy groups -OCH3 is 1. The van der Waals surface area contributed by atoms with Crippen molar-refractivity contribution >= 4 is 17.0 Å². The lowest BCUT2D eigenvalue weighted by atomic mass is 9.62. The van der Waals surface area contributed by atoms with Gasteiger partial charge in [0.1, 0.15) is 29.0 Å². The first-order chi connectivity index (χ1) is 39.9. The zero-order valence-electron chi connectivity index (χ0n) is 48.5. The van der Waals surface area contributed by atoms with E-state index < -0.39 is 23.4 Å². The number of hydrogen-bond acceptors (Lipinski definition) is 13. The number of aliphatic hydroxyl groups is 3. The predicted octanol–water partition coefficient (Wildman–Crippen LogP) is 10.2. The number of aryl methyl sites for hydroxylation is 2. The van der Waals surface area contributed by atoms with Gasteiger partial charge in [-0.3, -0.25) is 5.32 Å². The van der Waals surface area contributed by atoms with Crippen LogP contribution in [0.3, 0.4) is 0 Å². The van der Waals surface area contributed by atoms with Crippen LogP contribution in [0.25, 0.3) is 28.1 Å². The van der Waals surface area contributed by atoms with Crippen LogP contribution in [0.4, 0.5) is 0 Å². The first-order valence-electron chi connectivity index (χ1n) is 30.4. The second-order valence-electron chi connectivity index (χ2n) is 24.7. The Bertz CT molecular complexity index is 3200. The molecule has 6 aromatic rings. The molecule has 438 valence electrons. The largest absolute Gasteiger partial charge is 0.507 e. The number of phenols is 2. The number of hydrogen-bond donors (Lipinski definition) is 10. The number of phenolic OH excluding ortho intramolecular Hbond substituents is 2. The van der Waals surface area contributed by atoms with E-state index in [4.69, 9.17) is 18.9 Å². The molecule has 6 atom stereocenters. The van der Waals surface area contributed by atoms with Crippen LogP contribution in [-0.2, 0) is 36.8 Å². The predicted molar refractivity (Wildman–Crippen MR) is 323 cm³/mol. The van der Waals surface area contributed by atoms with Crippen molar-refractivity contribution in [2.75, 3.05) is 59.9 Å². The molecule has 3 aliphatic carbocycles. The van der Waals surface area contributed by atoms with Gasteiger partial charge in [-0.1, -0.05) is 75.6 Å². The van der Waals surface area contributed by atoms with Crippen molar-refractivity contribution in [3.8, 4) is 39.9 Å². The van der Waals surface area contributed by atoms with E-state index in [1.165, 1.54) is 36.0 Å². The summed E-state index contributed by atoms with van der Waals surface area (Å²) in [6.07, 6.45) is 14.5. The summed E-state index contributed by atoms with van der Waals surface area (Å²) in [5, 5.41) is 72.0.